The molecule has 0 radical (unpaired) electrons. The van der Waals surface area contributed by atoms with E-state index in [0.717, 1.165) is 12.3 Å². The zero-order chi connectivity index (χ0) is 19.0. The molecule has 0 unspecified atom stereocenters. The number of ether oxygens (including phenoxy) is 1. The molecule has 0 bridgehead atoms. The van der Waals surface area contributed by atoms with Crippen LogP contribution in [-0.2, 0) is 15.7 Å². The number of morpholine rings is 1. The molecule has 0 spiro atoms. The van der Waals surface area contributed by atoms with Gasteiger partial charge >= 0.3 is 6.18 Å². The van der Waals surface area contributed by atoms with Crippen molar-refractivity contribution in [3.05, 3.63) is 23.9 Å². The van der Waals surface area contributed by atoms with Crippen LogP contribution in [0.4, 0.5) is 19.1 Å². The highest BCUT2D eigenvalue weighted by atomic mass is 19.4. The number of fused-ring (bicyclic) bond motifs is 1. The van der Waals surface area contributed by atoms with Crippen molar-refractivity contribution in [1.29, 1.82) is 0 Å². The topological polar surface area (TPSA) is 63.0 Å². The van der Waals surface area contributed by atoms with E-state index >= 15 is 0 Å². The van der Waals surface area contributed by atoms with Crippen molar-refractivity contribution < 1.29 is 22.7 Å². The number of amides is 1. The van der Waals surface area contributed by atoms with Gasteiger partial charge in [-0.2, -0.15) is 13.2 Å². The maximum Gasteiger partial charge on any atom is 0.417 e. The number of aromatic nitrogens is 3. The molecule has 0 atom stereocenters. The lowest BCUT2D eigenvalue weighted by Gasteiger charge is -2.35. The number of halogens is 3. The normalized spacial score (nSPS) is 19.7. The van der Waals surface area contributed by atoms with Crippen LogP contribution in [0.1, 0.15) is 18.4 Å². The molecule has 27 heavy (non-hydrogen) atoms. The third kappa shape index (κ3) is 3.58. The summed E-state index contributed by atoms with van der Waals surface area (Å²) in [5, 5.41) is 8.02. The Hall–Kier alpha value is -2.36. The maximum absolute atomic E-state index is 13.0. The van der Waals surface area contributed by atoms with Gasteiger partial charge in [0.1, 0.15) is 0 Å². The predicted molar refractivity (Wildman–Crippen MR) is 90.3 cm³/mol. The Balaban J connectivity index is 1.47. The van der Waals surface area contributed by atoms with Crippen LogP contribution in [0.5, 0.6) is 0 Å². The highest BCUT2D eigenvalue weighted by Gasteiger charge is 2.33. The lowest BCUT2D eigenvalue weighted by Crippen LogP contribution is -2.47. The van der Waals surface area contributed by atoms with Crippen LogP contribution < -0.4 is 4.90 Å². The number of nitrogens with zero attached hydrogens (tertiary/aromatic N) is 5. The molecule has 0 aromatic carbocycles. The van der Waals surface area contributed by atoms with Gasteiger partial charge < -0.3 is 14.5 Å². The summed E-state index contributed by atoms with van der Waals surface area (Å²) in [6, 6.07) is 2.31. The Morgan fingerprint density at radius 3 is 2.44 bits per heavy atom. The lowest BCUT2D eigenvalue weighted by atomic mass is 9.95. The summed E-state index contributed by atoms with van der Waals surface area (Å²) in [4.78, 5) is 16.3. The monoisotopic (exact) mass is 383 g/mol. The number of carbonyl (C=O) groups is 1. The molecular formula is C17H20F3N5O2. The first kappa shape index (κ1) is 18.0. The Kier molecular flexibility index (Phi) is 4.67. The Morgan fingerprint density at radius 1 is 1.07 bits per heavy atom. The van der Waals surface area contributed by atoms with Crippen molar-refractivity contribution in [2.24, 2.45) is 5.92 Å². The van der Waals surface area contributed by atoms with Crippen LogP contribution in [-0.4, -0.2) is 64.8 Å². The van der Waals surface area contributed by atoms with Gasteiger partial charge in [0.25, 0.3) is 0 Å². The number of anilines is 1. The van der Waals surface area contributed by atoms with Gasteiger partial charge in [-0.3, -0.25) is 9.20 Å². The molecule has 7 nitrogen and oxygen atoms in total. The van der Waals surface area contributed by atoms with E-state index in [4.69, 9.17) is 4.74 Å². The molecule has 2 aliphatic heterocycles. The first-order valence-electron chi connectivity index (χ1n) is 8.97. The molecule has 2 aromatic rings. The molecule has 0 N–H and O–H groups in total. The second kappa shape index (κ2) is 6.99. The summed E-state index contributed by atoms with van der Waals surface area (Å²) in [5.41, 5.74) is -0.377. The molecule has 4 heterocycles. The van der Waals surface area contributed by atoms with Gasteiger partial charge in [0, 0.05) is 38.3 Å². The first-order chi connectivity index (χ1) is 12.9. The van der Waals surface area contributed by atoms with Gasteiger partial charge in [-0.25, -0.2) is 0 Å². The van der Waals surface area contributed by atoms with Crippen LogP contribution in [0, 0.1) is 5.92 Å². The smallest absolute Gasteiger partial charge is 0.378 e. The van der Waals surface area contributed by atoms with Crippen molar-refractivity contribution in [2.75, 3.05) is 44.3 Å². The molecule has 1 amide bonds. The molecule has 0 saturated carbocycles. The standard InChI is InChI=1S/C17H20F3N5O2/c18-17(19,20)13-1-2-14-21-22-16(25(14)11-13)24-5-3-12(4-6-24)15(26)23-7-9-27-10-8-23/h1-2,11-12H,3-10H2. The van der Waals surface area contributed by atoms with Crippen molar-refractivity contribution in [3.63, 3.8) is 0 Å². The lowest BCUT2D eigenvalue weighted by molar-refractivity contribution is -0.140. The number of piperidine rings is 1. The molecule has 4 rings (SSSR count). The average molecular weight is 383 g/mol. The fourth-order valence-electron chi connectivity index (χ4n) is 3.63. The van der Waals surface area contributed by atoms with Crippen molar-refractivity contribution in [2.45, 2.75) is 19.0 Å². The number of hydrogen-bond acceptors (Lipinski definition) is 5. The fourth-order valence-corrected chi connectivity index (χ4v) is 3.63. The van der Waals surface area contributed by atoms with E-state index in [2.05, 4.69) is 10.2 Å². The molecule has 0 aliphatic carbocycles. The Bertz CT molecular complexity index is 824. The predicted octanol–water partition coefficient (Wildman–Crippen LogP) is 1.82. The van der Waals surface area contributed by atoms with E-state index in [1.807, 2.05) is 9.80 Å². The summed E-state index contributed by atoms with van der Waals surface area (Å²) in [6.45, 7) is 3.48. The minimum absolute atomic E-state index is 0.0655. The molecule has 2 fully saturated rings. The molecule has 2 aliphatic rings. The van der Waals surface area contributed by atoms with E-state index in [1.165, 1.54) is 10.5 Å². The Morgan fingerprint density at radius 2 is 1.78 bits per heavy atom. The first-order valence-corrected chi connectivity index (χ1v) is 8.97. The molecule has 2 aromatic heterocycles. The second-order valence-corrected chi connectivity index (χ2v) is 6.84. The number of carbonyl (C=O) groups excluding carboxylic acids is 1. The van der Waals surface area contributed by atoms with Crippen LogP contribution in [0.3, 0.4) is 0 Å². The van der Waals surface area contributed by atoms with E-state index in [9.17, 15) is 18.0 Å². The number of rotatable bonds is 2. The van der Waals surface area contributed by atoms with Crippen LogP contribution in [0.2, 0.25) is 0 Å². The third-order valence-corrected chi connectivity index (χ3v) is 5.16. The highest BCUT2D eigenvalue weighted by Crippen LogP contribution is 2.31. The molecule has 146 valence electrons. The van der Waals surface area contributed by atoms with Crippen molar-refractivity contribution in [1.82, 2.24) is 19.5 Å². The highest BCUT2D eigenvalue weighted by molar-refractivity contribution is 5.79. The van der Waals surface area contributed by atoms with Gasteiger partial charge in [-0.15, -0.1) is 10.2 Å². The summed E-state index contributed by atoms with van der Waals surface area (Å²) in [5.74, 6) is 0.459. The SMILES string of the molecule is O=C(C1CCN(c2nnc3ccc(C(F)(F)F)cn23)CC1)N1CCOCC1. The minimum Gasteiger partial charge on any atom is -0.378 e. The third-order valence-electron chi connectivity index (χ3n) is 5.16. The zero-order valence-corrected chi connectivity index (χ0v) is 14.7. The van der Waals surface area contributed by atoms with E-state index < -0.39 is 11.7 Å². The molecular weight excluding hydrogens is 363 g/mol. The van der Waals surface area contributed by atoms with Gasteiger partial charge in [0.2, 0.25) is 11.9 Å². The van der Waals surface area contributed by atoms with Gasteiger partial charge in [0.05, 0.1) is 18.8 Å². The number of pyridine rings is 1. The van der Waals surface area contributed by atoms with Crippen molar-refractivity contribution in [3.8, 4) is 0 Å². The van der Waals surface area contributed by atoms with Crippen LogP contribution >= 0.6 is 0 Å². The summed E-state index contributed by atoms with van der Waals surface area (Å²) in [6.07, 6.45) is -2.11. The molecule has 10 heteroatoms. The summed E-state index contributed by atoms with van der Waals surface area (Å²) >= 11 is 0. The quantitative estimate of drug-likeness (QED) is 0.792. The van der Waals surface area contributed by atoms with E-state index in [1.54, 1.807) is 0 Å². The van der Waals surface area contributed by atoms with Crippen LogP contribution in [0.15, 0.2) is 18.3 Å². The van der Waals surface area contributed by atoms with E-state index in [-0.39, 0.29) is 11.8 Å². The maximum atomic E-state index is 13.0. The summed E-state index contributed by atoms with van der Waals surface area (Å²) in [7, 11) is 0. The average Bonchev–Trinajstić information content (AvgIpc) is 3.11. The van der Waals surface area contributed by atoms with Crippen molar-refractivity contribution >= 4 is 17.5 Å². The Labute approximate surface area is 153 Å². The number of hydrogen-bond donors (Lipinski definition) is 0. The second-order valence-electron chi connectivity index (χ2n) is 6.84. The van der Waals surface area contributed by atoms with E-state index in [0.29, 0.717) is 63.8 Å². The van der Waals surface area contributed by atoms with Gasteiger partial charge in [-0.1, -0.05) is 0 Å². The fraction of sp³-hybridized carbons (Fsp3) is 0.588. The van der Waals surface area contributed by atoms with Crippen LogP contribution in [0.25, 0.3) is 5.65 Å². The number of alkyl halides is 3. The largest absolute Gasteiger partial charge is 0.417 e. The molecule has 2 saturated heterocycles. The van der Waals surface area contributed by atoms with Gasteiger partial charge in [-0.05, 0) is 25.0 Å². The zero-order valence-electron chi connectivity index (χ0n) is 14.7. The minimum atomic E-state index is -4.42. The van der Waals surface area contributed by atoms with Gasteiger partial charge in [0.15, 0.2) is 5.65 Å². The summed E-state index contributed by atoms with van der Waals surface area (Å²) < 4.78 is 45.6.